The Bertz CT molecular complexity index is 944. The number of fused-ring (bicyclic) bond motifs is 1. The van der Waals surface area contributed by atoms with Gasteiger partial charge in [0.05, 0.1) is 36.0 Å². The van der Waals surface area contributed by atoms with Crippen LogP contribution in [0.5, 0.6) is 0 Å². The summed E-state index contributed by atoms with van der Waals surface area (Å²) in [5, 5.41) is 3.87. The molecule has 7 nitrogen and oxygen atoms in total. The molecule has 0 aliphatic carbocycles. The summed E-state index contributed by atoms with van der Waals surface area (Å²) >= 11 is 0. The highest BCUT2D eigenvalue weighted by Gasteiger charge is 2.24. The Labute approximate surface area is 152 Å². The van der Waals surface area contributed by atoms with Crippen molar-refractivity contribution in [2.45, 2.75) is 25.8 Å². The van der Waals surface area contributed by atoms with E-state index in [4.69, 9.17) is 0 Å². The van der Waals surface area contributed by atoms with E-state index in [1.807, 2.05) is 43.1 Å². The molecule has 26 heavy (non-hydrogen) atoms. The van der Waals surface area contributed by atoms with Gasteiger partial charge in [-0.1, -0.05) is 0 Å². The average molecular weight is 350 g/mol. The number of nitrogens with zero attached hydrogens (tertiary/aromatic N) is 5. The zero-order chi connectivity index (χ0) is 18.1. The topological polar surface area (TPSA) is 75.9 Å². The second kappa shape index (κ2) is 6.84. The molecule has 1 atom stereocenters. The third kappa shape index (κ3) is 3.17. The summed E-state index contributed by atoms with van der Waals surface area (Å²) in [5.41, 5.74) is 2.76. The van der Waals surface area contributed by atoms with Gasteiger partial charge in [-0.05, 0) is 45.0 Å². The van der Waals surface area contributed by atoms with E-state index in [2.05, 4.69) is 25.2 Å². The molecule has 1 aliphatic rings. The van der Waals surface area contributed by atoms with Crippen LogP contribution < -0.4 is 5.32 Å². The van der Waals surface area contributed by atoms with Crippen molar-refractivity contribution in [1.82, 2.24) is 24.4 Å². The van der Waals surface area contributed by atoms with E-state index in [0.29, 0.717) is 5.82 Å². The lowest BCUT2D eigenvalue weighted by Gasteiger charge is -2.22. The molecule has 3 aromatic rings. The minimum Gasteiger partial charge on any atom is -0.334 e. The van der Waals surface area contributed by atoms with Gasteiger partial charge in [-0.3, -0.25) is 14.7 Å². The molecular formula is C19H22N6O. The molecule has 1 aliphatic heterocycles. The van der Waals surface area contributed by atoms with Crippen LogP contribution in [0.15, 0.2) is 37.1 Å². The fraction of sp³-hybridized carbons (Fsp3) is 0.368. The first-order chi connectivity index (χ1) is 12.6. The Hall–Kier alpha value is -2.80. The minimum absolute atomic E-state index is 0.0190. The first-order valence-corrected chi connectivity index (χ1v) is 8.89. The highest BCUT2D eigenvalue weighted by atomic mass is 16.2. The van der Waals surface area contributed by atoms with Crippen LogP contribution in [0.4, 0.5) is 5.82 Å². The number of rotatable bonds is 4. The maximum Gasteiger partial charge on any atom is 0.242 e. The van der Waals surface area contributed by atoms with Crippen LogP contribution in [-0.2, 0) is 11.8 Å². The molecule has 4 rings (SSSR count). The van der Waals surface area contributed by atoms with Gasteiger partial charge in [0.25, 0.3) is 0 Å². The van der Waals surface area contributed by atoms with Crippen molar-refractivity contribution in [2.75, 3.05) is 18.4 Å². The number of amides is 1. The summed E-state index contributed by atoms with van der Waals surface area (Å²) in [7, 11) is 1.95. The summed E-state index contributed by atoms with van der Waals surface area (Å²) < 4.78 is 1.95. The van der Waals surface area contributed by atoms with E-state index < -0.39 is 0 Å². The largest absolute Gasteiger partial charge is 0.334 e. The van der Waals surface area contributed by atoms with E-state index >= 15 is 0 Å². The summed E-state index contributed by atoms with van der Waals surface area (Å²) in [6, 6.07) is 3.77. The van der Waals surface area contributed by atoms with Crippen molar-refractivity contribution in [1.29, 1.82) is 0 Å². The lowest BCUT2D eigenvalue weighted by Crippen LogP contribution is -2.40. The number of carbonyl (C=O) groups is 1. The van der Waals surface area contributed by atoms with Gasteiger partial charge in [-0.2, -0.15) is 0 Å². The predicted molar refractivity (Wildman–Crippen MR) is 101 cm³/mol. The van der Waals surface area contributed by atoms with Gasteiger partial charge in [0.1, 0.15) is 5.82 Å². The predicted octanol–water partition coefficient (Wildman–Crippen LogP) is 2.45. The van der Waals surface area contributed by atoms with Crippen molar-refractivity contribution in [3.63, 3.8) is 0 Å². The fourth-order valence-electron chi connectivity index (χ4n) is 3.40. The molecule has 134 valence electrons. The number of carbonyl (C=O) groups excluding carboxylic acids is 1. The molecule has 0 aromatic carbocycles. The Kier molecular flexibility index (Phi) is 4.38. The van der Waals surface area contributed by atoms with Gasteiger partial charge >= 0.3 is 0 Å². The molecule has 0 radical (unpaired) electrons. The van der Waals surface area contributed by atoms with E-state index in [1.54, 1.807) is 12.5 Å². The van der Waals surface area contributed by atoms with Crippen LogP contribution in [-0.4, -0.2) is 49.5 Å². The van der Waals surface area contributed by atoms with E-state index in [9.17, 15) is 4.79 Å². The van der Waals surface area contributed by atoms with E-state index in [1.165, 1.54) is 0 Å². The zero-order valence-corrected chi connectivity index (χ0v) is 15.0. The van der Waals surface area contributed by atoms with Crippen LogP contribution in [0.1, 0.15) is 19.8 Å². The Morgan fingerprint density at radius 3 is 2.69 bits per heavy atom. The molecule has 4 heterocycles. The fourth-order valence-corrected chi connectivity index (χ4v) is 3.40. The average Bonchev–Trinajstić information content (AvgIpc) is 3.32. The molecular weight excluding hydrogens is 328 g/mol. The number of nitrogens with one attached hydrogen (secondary N) is 1. The minimum atomic E-state index is -0.145. The van der Waals surface area contributed by atoms with Crippen LogP contribution in [0.2, 0.25) is 0 Å². The molecule has 1 N–H and O–H groups in total. The number of likely N-dealkylation sites (tertiary alicyclic amines) is 1. The Morgan fingerprint density at radius 1 is 1.15 bits per heavy atom. The first-order valence-electron chi connectivity index (χ1n) is 8.89. The second-order valence-electron chi connectivity index (χ2n) is 6.78. The van der Waals surface area contributed by atoms with E-state index in [0.717, 1.165) is 48.1 Å². The smallest absolute Gasteiger partial charge is 0.242 e. The van der Waals surface area contributed by atoms with Crippen LogP contribution in [0.25, 0.3) is 22.2 Å². The number of hydrogen-bond donors (Lipinski definition) is 1. The van der Waals surface area contributed by atoms with Crippen molar-refractivity contribution < 1.29 is 4.79 Å². The highest BCUT2D eigenvalue weighted by Crippen LogP contribution is 2.23. The number of aryl methyl sites for hydroxylation is 1. The van der Waals surface area contributed by atoms with E-state index in [-0.39, 0.29) is 11.9 Å². The van der Waals surface area contributed by atoms with Crippen LogP contribution >= 0.6 is 0 Å². The summed E-state index contributed by atoms with van der Waals surface area (Å²) in [4.78, 5) is 27.7. The maximum atomic E-state index is 12.5. The number of imidazole rings is 1. The summed E-state index contributed by atoms with van der Waals surface area (Å²) in [6.45, 7) is 3.92. The lowest BCUT2D eigenvalue weighted by atomic mass is 10.1. The number of anilines is 1. The molecule has 7 heteroatoms. The third-order valence-corrected chi connectivity index (χ3v) is 5.00. The molecule has 1 amide bonds. The van der Waals surface area contributed by atoms with Crippen molar-refractivity contribution >= 4 is 22.6 Å². The van der Waals surface area contributed by atoms with Crippen LogP contribution in [0.3, 0.4) is 0 Å². The van der Waals surface area contributed by atoms with Crippen LogP contribution in [0, 0.1) is 0 Å². The van der Waals surface area contributed by atoms with Crippen molar-refractivity contribution in [2.24, 2.45) is 7.05 Å². The number of aromatic nitrogens is 4. The monoisotopic (exact) mass is 350 g/mol. The Balaban J connectivity index is 1.58. The van der Waals surface area contributed by atoms with Crippen molar-refractivity contribution in [3.05, 3.63) is 37.1 Å². The summed E-state index contributed by atoms with van der Waals surface area (Å²) in [5.74, 6) is 0.534. The molecule has 1 saturated heterocycles. The first kappa shape index (κ1) is 16.7. The highest BCUT2D eigenvalue weighted by molar-refractivity contribution is 5.95. The Morgan fingerprint density at radius 2 is 1.96 bits per heavy atom. The standard InChI is InChI=1S/C19H22N6O/c1-13(25-5-3-4-6-25)19(26)23-18-8-14-7-15(9-21-16(14)10-22-18)17-11-20-12-24(17)2/h7-13H,3-6H2,1-2H3,(H,22,23,26). The van der Waals surface area contributed by atoms with Gasteiger partial charge in [0.15, 0.2) is 0 Å². The SMILES string of the molecule is CC(C(=O)Nc1cc2cc(-c3cncn3C)cnc2cn1)N1CCCC1. The van der Waals surface area contributed by atoms with Gasteiger partial charge in [0, 0.05) is 24.2 Å². The molecule has 0 bridgehead atoms. The van der Waals surface area contributed by atoms with Gasteiger partial charge in [0.2, 0.25) is 5.91 Å². The molecule has 0 saturated carbocycles. The molecule has 1 unspecified atom stereocenters. The van der Waals surface area contributed by atoms with Gasteiger partial charge < -0.3 is 9.88 Å². The second-order valence-corrected chi connectivity index (χ2v) is 6.78. The van der Waals surface area contributed by atoms with Crippen molar-refractivity contribution in [3.8, 4) is 11.3 Å². The molecule has 3 aromatic heterocycles. The maximum absolute atomic E-state index is 12.5. The third-order valence-electron chi connectivity index (χ3n) is 5.00. The number of pyridine rings is 2. The summed E-state index contributed by atoms with van der Waals surface area (Å²) in [6.07, 6.45) is 9.40. The molecule has 1 fully saturated rings. The van der Waals surface area contributed by atoms with Gasteiger partial charge in [-0.15, -0.1) is 0 Å². The van der Waals surface area contributed by atoms with Gasteiger partial charge in [-0.25, -0.2) is 9.97 Å². The number of hydrogen-bond acceptors (Lipinski definition) is 5. The zero-order valence-electron chi connectivity index (χ0n) is 15.0. The lowest BCUT2D eigenvalue weighted by molar-refractivity contribution is -0.120. The molecule has 0 spiro atoms. The normalized spacial score (nSPS) is 16.1. The quantitative estimate of drug-likeness (QED) is 0.782.